The zero-order valence-corrected chi connectivity index (χ0v) is 7.29. The van der Waals surface area contributed by atoms with Gasteiger partial charge in [0.1, 0.15) is 0 Å². The number of aliphatic hydroxyl groups is 2. The Morgan fingerprint density at radius 1 is 1.33 bits per heavy atom. The molecule has 0 aromatic heterocycles. The third-order valence-electron chi connectivity index (χ3n) is 2.19. The normalized spacial score (nSPS) is 23.8. The molecule has 1 heterocycles. The van der Waals surface area contributed by atoms with Crippen LogP contribution in [-0.2, 0) is 0 Å². The summed E-state index contributed by atoms with van der Waals surface area (Å²) in [6, 6.07) is 0.584. The van der Waals surface area contributed by atoms with Crippen molar-refractivity contribution in [3.8, 4) is 0 Å². The molecule has 1 unspecified atom stereocenters. The van der Waals surface area contributed by atoms with Crippen molar-refractivity contribution in [3.63, 3.8) is 0 Å². The van der Waals surface area contributed by atoms with Crippen molar-refractivity contribution in [2.75, 3.05) is 6.54 Å². The van der Waals surface area contributed by atoms with E-state index in [2.05, 4.69) is 10.9 Å². The van der Waals surface area contributed by atoms with Crippen molar-refractivity contribution in [2.24, 2.45) is 0 Å². The fourth-order valence-corrected chi connectivity index (χ4v) is 1.47. The second-order valence-corrected chi connectivity index (χ2v) is 3.32. The van der Waals surface area contributed by atoms with Gasteiger partial charge in [-0.15, -0.1) is 0 Å². The maximum absolute atomic E-state index is 8.57. The Labute approximate surface area is 72.9 Å². The SMILES string of the molecule is OC(O)CCCCC1CCNN1. The Hall–Kier alpha value is -0.160. The van der Waals surface area contributed by atoms with E-state index in [-0.39, 0.29) is 0 Å². The van der Waals surface area contributed by atoms with Gasteiger partial charge in [-0.25, -0.2) is 0 Å². The molecule has 1 rings (SSSR count). The van der Waals surface area contributed by atoms with Gasteiger partial charge in [0.15, 0.2) is 6.29 Å². The average molecular weight is 174 g/mol. The van der Waals surface area contributed by atoms with Crippen LogP contribution in [0.1, 0.15) is 32.1 Å². The smallest absolute Gasteiger partial charge is 0.151 e. The van der Waals surface area contributed by atoms with E-state index in [1.807, 2.05) is 0 Å². The quantitative estimate of drug-likeness (QED) is 0.342. The lowest BCUT2D eigenvalue weighted by atomic mass is 10.1. The van der Waals surface area contributed by atoms with Gasteiger partial charge < -0.3 is 10.2 Å². The van der Waals surface area contributed by atoms with Crippen LogP contribution in [0.25, 0.3) is 0 Å². The predicted molar refractivity (Wildman–Crippen MR) is 46.2 cm³/mol. The molecule has 1 fully saturated rings. The third-order valence-corrected chi connectivity index (χ3v) is 2.19. The molecule has 4 N–H and O–H groups in total. The molecule has 1 aliphatic rings. The van der Waals surface area contributed by atoms with Crippen LogP contribution in [-0.4, -0.2) is 29.1 Å². The minimum absolute atomic E-state index is 0.500. The second-order valence-electron chi connectivity index (χ2n) is 3.32. The van der Waals surface area contributed by atoms with Crippen LogP contribution in [0.2, 0.25) is 0 Å². The summed E-state index contributed by atoms with van der Waals surface area (Å²) in [6.45, 7) is 1.05. The fourth-order valence-electron chi connectivity index (χ4n) is 1.47. The molecule has 0 spiro atoms. The molecular formula is C8H18N2O2. The summed E-state index contributed by atoms with van der Waals surface area (Å²) in [5.74, 6) is 0. The maximum Gasteiger partial charge on any atom is 0.151 e. The molecule has 0 radical (unpaired) electrons. The van der Waals surface area contributed by atoms with E-state index in [0.29, 0.717) is 12.5 Å². The topological polar surface area (TPSA) is 64.5 Å². The third kappa shape index (κ3) is 4.01. The van der Waals surface area contributed by atoms with Crippen LogP contribution in [0.5, 0.6) is 0 Å². The zero-order valence-electron chi connectivity index (χ0n) is 7.29. The lowest BCUT2D eigenvalue weighted by Crippen LogP contribution is -2.29. The number of nitrogens with one attached hydrogen (secondary N) is 2. The minimum Gasteiger partial charge on any atom is -0.368 e. The highest BCUT2D eigenvalue weighted by Gasteiger charge is 2.12. The molecular weight excluding hydrogens is 156 g/mol. The van der Waals surface area contributed by atoms with E-state index in [9.17, 15) is 0 Å². The highest BCUT2D eigenvalue weighted by atomic mass is 16.5. The van der Waals surface area contributed by atoms with Gasteiger partial charge in [0.05, 0.1) is 0 Å². The van der Waals surface area contributed by atoms with Gasteiger partial charge in [-0.1, -0.05) is 6.42 Å². The summed E-state index contributed by atoms with van der Waals surface area (Å²) in [7, 11) is 0. The summed E-state index contributed by atoms with van der Waals surface area (Å²) in [5, 5.41) is 17.1. The van der Waals surface area contributed by atoms with Gasteiger partial charge in [0.2, 0.25) is 0 Å². The number of hydrogen-bond acceptors (Lipinski definition) is 4. The number of hydrogen-bond donors (Lipinski definition) is 4. The average Bonchev–Trinajstić information content (AvgIpc) is 2.49. The molecule has 0 aromatic rings. The number of aliphatic hydroxyl groups excluding tert-OH is 1. The minimum atomic E-state index is -1.13. The van der Waals surface area contributed by atoms with Gasteiger partial charge in [-0.3, -0.25) is 10.9 Å². The van der Waals surface area contributed by atoms with E-state index in [0.717, 1.165) is 25.8 Å². The Morgan fingerprint density at radius 2 is 2.17 bits per heavy atom. The van der Waals surface area contributed by atoms with Crippen molar-refractivity contribution >= 4 is 0 Å². The van der Waals surface area contributed by atoms with Crippen molar-refractivity contribution in [3.05, 3.63) is 0 Å². The van der Waals surface area contributed by atoms with Gasteiger partial charge in [0, 0.05) is 12.6 Å². The van der Waals surface area contributed by atoms with Crippen molar-refractivity contribution in [1.29, 1.82) is 0 Å². The lowest BCUT2D eigenvalue weighted by Gasteiger charge is -2.08. The van der Waals surface area contributed by atoms with Crippen LogP contribution in [0.3, 0.4) is 0 Å². The molecule has 0 aliphatic carbocycles. The molecule has 1 aliphatic heterocycles. The van der Waals surface area contributed by atoms with E-state index < -0.39 is 6.29 Å². The Kier molecular flexibility index (Phi) is 4.53. The number of rotatable bonds is 5. The Morgan fingerprint density at radius 3 is 2.75 bits per heavy atom. The molecule has 0 aromatic carbocycles. The van der Waals surface area contributed by atoms with Gasteiger partial charge >= 0.3 is 0 Å². The molecule has 4 heteroatoms. The molecule has 1 atom stereocenters. The van der Waals surface area contributed by atoms with Crippen LogP contribution in [0, 0.1) is 0 Å². The first-order chi connectivity index (χ1) is 5.79. The van der Waals surface area contributed by atoms with Crippen LogP contribution >= 0.6 is 0 Å². The van der Waals surface area contributed by atoms with Gasteiger partial charge in [-0.2, -0.15) is 0 Å². The predicted octanol–water partition coefficient (Wildman–Crippen LogP) is -0.276. The van der Waals surface area contributed by atoms with Crippen molar-refractivity contribution in [2.45, 2.75) is 44.4 Å². The summed E-state index contributed by atoms with van der Waals surface area (Å²) in [5.41, 5.74) is 6.24. The number of unbranched alkanes of at least 4 members (excludes halogenated alkanes) is 1. The molecule has 12 heavy (non-hydrogen) atoms. The highest BCUT2D eigenvalue weighted by molar-refractivity contribution is 4.71. The molecule has 0 saturated carbocycles. The Bertz CT molecular complexity index is 114. The summed E-state index contributed by atoms with van der Waals surface area (Å²) in [4.78, 5) is 0. The van der Waals surface area contributed by atoms with Crippen LogP contribution in [0.15, 0.2) is 0 Å². The molecule has 0 amide bonds. The van der Waals surface area contributed by atoms with E-state index >= 15 is 0 Å². The molecule has 4 nitrogen and oxygen atoms in total. The molecule has 0 bridgehead atoms. The summed E-state index contributed by atoms with van der Waals surface area (Å²) in [6.07, 6.45) is 3.65. The van der Waals surface area contributed by atoms with Gasteiger partial charge in [0.25, 0.3) is 0 Å². The van der Waals surface area contributed by atoms with Gasteiger partial charge in [-0.05, 0) is 25.7 Å². The van der Waals surface area contributed by atoms with Crippen LogP contribution < -0.4 is 10.9 Å². The standard InChI is InChI=1S/C8H18N2O2/c11-8(12)4-2-1-3-7-5-6-9-10-7/h7-12H,1-6H2. The summed E-state index contributed by atoms with van der Waals surface area (Å²) >= 11 is 0. The summed E-state index contributed by atoms with van der Waals surface area (Å²) < 4.78 is 0. The van der Waals surface area contributed by atoms with E-state index in [1.165, 1.54) is 6.42 Å². The monoisotopic (exact) mass is 174 g/mol. The molecule has 72 valence electrons. The first-order valence-corrected chi connectivity index (χ1v) is 4.63. The zero-order chi connectivity index (χ0) is 8.81. The first-order valence-electron chi connectivity index (χ1n) is 4.63. The highest BCUT2D eigenvalue weighted by Crippen LogP contribution is 2.08. The second kappa shape index (κ2) is 5.48. The lowest BCUT2D eigenvalue weighted by molar-refractivity contribution is -0.0466. The van der Waals surface area contributed by atoms with Crippen LogP contribution in [0.4, 0.5) is 0 Å². The fraction of sp³-hybridized carbons (Fsp3) is 1.00. The Balaban J connectivity index is 1.88. The maximum atomic E-state index is 8.57. The number of hydrazine groups is 1. The van der Waals surface area contributed by atoms with Crippen molar-refractivity contribution < 1.29 is 10.2 Å². The van der Waals surface area contributed by atoms with Crippen molar-refractivity contribution in [1.82, 2.24) is 10.9 Å². The largest absolute Gasteiger partial charge is 0.368 e. The first kappa shape index (κ1) is 9.92. The molecule has 1 saturated heterocycles. The van der Waals surface area contributed by atoms with E-state index in [1.54, 1.807) is 0 Å². The van der Waals surface area contributed by atoms with E-state index in [4.69, 9.17) is 10.2 Å².